The third-order valence-electron chi connectivity index (χ3n) is 4.67. The van der Waals surface area contributed by atoms with Crippen LogP contribution in [0.2, 0.25) is 0 Å². The summed E-state index contributed by atoms with van der Waals surface area (Å²) in [5.74, 6) is 0.492. The molecule has 0 spiro atoms. The Morgan fingerprint density at radius 2 is 2.00 bits per heavy atom. The summed E-state index contributed by atoms with van der Waals surface area (Å²) in [5.41, 5.74) is 2.78. The largest absolute Gasteiger partial charge is 0.290 e. The molecule has 1 amide bonds. The van der Waals surface area contributed by atoms with Gasteiger partial charge in [0.05, 0.1) is 16.8 Å². The molecule has 0 atom stereocenters. The molecule has 4 aromatic rings. The number of fused-ring (bicyclic) bond motifs is 1. The van der Waals surface area contributed by atoms with Crippen molar-refractivity contribution in [1.29, 1.82) is 0 Å². The molecule has 0 N–H and O–H groups in total. The van der Waals surface area contributed by atoms with Gasteiger partial charge in [-0.2, -0.15) is 0 Å². The van der Waals surface area contributed by atoms with Gasteiger partial charge in [0.1, 0.15) is 4.83 Å². The summed E-state index contributed by atoms with van der Waals surface area (Å²) in [6, 6.07) is 9.70. The lowest BCUT2D eigenvalue weighted by molar-refractivity contribution is -0.115. The first-order valence-electron chi connectivity index (χ1n) is 9.39. The molecule has 0 aliphatic heterocycles. The van der Waals surface area contributed by atoms with Crippen molar-refractivity contribution in [3.63, 3.8) is 0 Å². The van der Waals surface area contributed by atoms with E-state index in [1.165, 1.54) is 34.4 Å². The third-order valence-corrected chi connectivity index (χ3v) is 7.42. The Bertz CT molecular complexity index is 1270. The van der Waals surface area contributed by atoms with Gasteiger partial charge in [-0.1, -0.05) is 36.9 Å². The van der Waals surface area contributed by atoms with Crippen molar-refractivity contribution < 1.29 is 4.79 Å². The molecule has 0 radical (unpaired) electrons. The van der Waals surface area contributed by atoms with E-state index >= 15 is 0 Å². The number of thioether (sulfide) groups is 1. The van der Waals surface area contributed by atoms with Crippen molar-refractivity contribution in [3.8, 4) is 0 Å². The number of thiophene rings is 1. The van der Waals surface area contributed by atoms with Gasteiger partial charge in [-0.25, -0.2) is 9.97 Å². The Morgan fingerprint density at radius 1 is 1.20 bits per heavy atom. The second-order valence-corrected chi connectivity index (χ2v) is 9.32. The quantitative estimate of drug-likeness (QED) is 0.302. The van der Waals surface area contributed by atoms with Crippen LogP contribution in [0.4, 0.5) is 10.8 Å². The molecule has 4 rings (SSSR count). The molecule has 0 fully saturated rings. The maximum Gasteiger partial charge on any atom is 0.262 e. The minimum absolute atomic E-state index is 0.0401. The SMILES string of the molecule is CCc1ccccc1N(C(C)=O)c1nc(CSc2nc3sccc3c(=O)n2C)cs1. The van der Waals surface area contributed by atoms with Crippen LogP contribution in [-0.2, 0) is 24.0 Å². The molecule has 0 saturated carbocycles. The van der Waals surface area contributed by atoms with Gasteiger partial charge in [-0.15, -0.1) is 22.7 Å². The number of benzene rings is 1. The van der Waals surface area contributed by atoms with E-state index in [1.807, 2.05) is 35.0 Å². The number of aryl methyl sites for hydroxylation is 1. The number of amides is 1. The average molecular weight is 457 g/mol. The number of nitrogens with zero attached hydrogens (tertiary/aromatic N) is 4. The van der Waals surface area contributed by atoms with Crippen molar-refractivity contribution in [2.45, 2.75) is 31.2 Å². The first-order chi connectivity index (χ1) is 14.5. The molecule has 0 bridgehead atoms. The van der Waals surface area contributed by atoms with Gasteiger partial charge in [0.2, 0.25) is 5.91 Å². The van der Waals surface area contributed by atoms with E-state index in [0.717, 1.165) is 28.2 Å². The number of carbonyl (C=O) groups excluding carboxylic acids is 1. The van der Waals surface area contributed by atoms with E-state index in [2.05, 4.69) is 11.9 Å². The number of aromatic nitrogens is 3. The Morgan fingerprint density at radius 3 is 2.77 bits per heavy atom. The Hall–Kier alpha value is -2.49. The molecule has 30 heavy (non-hydrogen) atoms. The smallest absolute Gasteiger partial charge is 0.262 e. The summed E-state index contributed by atoms with van der Waals surface area (Å²) in [6.07, 6.45) is 0.832. The highest BCUT2D eigenvalue weighted by atomic mass is 32.2. The van der Waals surface area contributed by atoms with Crippen LogP contribution in [0.1, 0.15) is 25.1 Å². The highest BCUT2D eigenvalue weighted by Crippen LogP contribution is 2.33. The first-order valence-corrected chi connectivity index (χ1v) is 12.1. The van der Waals surface area contributed by atoms with Gasteiger partial charge in [0.25, 0.3) is 5.56 Å². The lowest BCUT2D eigenvalue weighted by Gasteiger charge is -2.20. The van der Waals surface area contributed by atoms with Crippen molar-refractivity contribution in [1.82, 2.24) is 14.5 Å². The number of rotatable bonds is 6. The molecule has 6 nitrogen and oxygen atoms in total. The molecule has 1 aromatic carbocycles. The van der Waals surface area contributed by atoms with Gasteiger partial charge in [0.15, 0.2) is 10.3 Å². The fourth-order valence-corrected chi connectivity index (χ4v) is 5.80. The lowest BCUT2D eigenvalue weighted by atomic mass is 10.1. The summed E-state index contributed by atoms with van der Waals surface area (Å²) in [7, 11) is 1.74. The molecule has 154 valence electrons. The van der Waals surface area contributed by atoms with Gasteiger partial charge < -0.3 is 0 Å². The maximum absolute atomic E-state index is 12.5. The number of hydrogen-bond donors (Lipinski definition) is 0. The summed E-state index contributed by atoms with van der Waals surface area (Å²) in [6.45, 7) is 3.63. The van der Waals surface area contributed by atoms with Crippen molar-refractivity contribution >= 4 is 61.4 Å². The topological polar surface area (TPSA) is 68.1 Å². The zero-order valence-corrected chi connectivity index (χ0v) is 19.2. The van der Waals surface area contributed by atoms with E-state index in [1.54, 1.807) is 29.5 Å². The average Bonchev–Trinajstić information content (AvgIpc) is 3.39. The lowest BCUT2D eigenvalue weighted by Crippen LogP contribution is -2.23. The Balaban J connectivity index is 1.59. The summed E-state index contributed by atoms with van der Waals surface area (Å²) < 4.78 is 1.58. The molecule has 3 heterocycles. The van der Waals surface area contributed by atoms with Crippen LogP contribution in [0.25, 0.3) is 10.2 Å². The first kappa shape index (κ1) is 20.8. The predicted octanol–water partition coefficient (Wildman–Crippen LogP) is 4.99. The van der Waals surface area contributed by atoms with Gasteiger partial charge in [-0.3, -0.25) is 19.1 Å². The number of carbonyl (C=O) groups is 1. The van der Waals surface area contributed by atoms with Crippen LogP contribution < -0.4 is 10.5 Å². The van der Waals surface area contributed by atoms with Crippen molar-refractivity contribution in [3.05, 3.63) is 62.7 Å². The van der Waals surface area contributed by atoms with Crippen LogP contribution in [0.3, 0.4) is 0 Å². The predicted molar refractivity (Wildman–Crippen MR) is 125 cm³/mol. The third kappa shape index (κ3) is 3.92. The molecule has 0 saturated heterocycles. The van der Waals surface area contributed by atoms with Crippen molar-refractivity contribution in [2.24, 2.45) is 7.05 Å². The molecular formula is C21H20N4O2S3. The van der Waals surface area contributed by atoms with Crippen LogP contribution >= 0.6 is 34.4 Å². The number of hydrogen-bond acceptors (Lipinski definition) is 7. The second kappa shape index (κ2) is 8.71. The second-order valence-electron chi connectivity index (χ2n) is 6.64. The van der Waals surface area contributed by atoms with Crippen LogP contribution in [0.5, 0.6) is 0 Å². The summed E-state index contributed by atoms with van der Waals surface area (Å²) >= 11 is 4.37. The van der Waals surface area contributed by atoms with Crippen LogP contribution in [0, 0.1) is 0 Å². The number of thiazole rings is 1. The number of para-hydroxylation sites is 1. The van der Waals surface area contributed by atoms with E-state index in [4.69, 9.17) is 4.98 Å². The van der Waals surface area contributed by atoms with Crippen molar-refractivity contribution in [2.75, 3.05) is 4.90 Å². The highest BCUT2D eigenvalue weighted by molar-refractivity contribution is 7.98. The standard InChI is InChI=1S/C21H20N4O2S3/c1-4-14-7-5-6-8-17(14)25(13(2)26)21-22-15(12-30-21)11-29-20-23-18-16(9-10-28-18)19(27)24(20)3/h5-10,12H,4,11H2,1-3H3. The minimum Gasteiger partial charge on any atom is -0.290 e. The summed E-state index contributed by atoms with van der Waals surface area (Å²) in [4.78, 5) is 36.6. The van der Waals surface area contributed by atoms with E-state index in [-0.39, 0.29) is 11.5 Å². The zero-order chi connectivity index (χ0) is 21.3. The van der Waals surface area contributed by atoms with Gasteiger partial charge >= 0.3 is 0 Å². The van der Waals surface area contributed by atoms with E-state index in [9.17, 15) is 9.59 Å². The normalized spacial score (nSPS) is 11.2. The van der Waals surface area contributed by atoms with E-state index < -0.39 is 0 Å². The minimum atomic E-state index is -0.0725. The molecule has 3 aromatic heterocycles. The molecule has 9 heteroatoms. The fraction of sp³-hybridized carbons (Fsp3) is 0.238. The van der Waals surface area contributed by atoms with Gasteiger partial charge in [0, 0.05) is 25.1 Å². The molecule has 0 aliphatic rings. The summed E-state index contributed by atoms with van der Waals surface area (Å²) in [5, 5.41) is 5.78. The van der Waals surface area contributed by atoms with Crippen LogP contribution in [0.15, 0.2) is 51.0 Å². The monoisotopic (exact) mass is 456 g/mol. The number of anilines is 2. The Kier molecular flexibility index (Phi) is 6.03. The van der Waals surface area contributed by atoms with Crippen LogP contribution in [-0.4, -0.2) is 20.4 Å². The molecule has 0 unspecified atom stereocenters. The van der Waals surface area contributed by atoms with E-state index in [0.29, 0.717) is 21.4 Å². The molecule has 0 aliphatic carbocycles. The van der Waals surface area contributed by atoms with Gasteiger partial charge in [-0.05, 0) is 29.5 Å². The highest BCUT2D eigenvalue weighted by Gasteiger charge is 2.20. The molecular weight excluding hydrogens is 436 g/mol. The Labute approximate surface area is 186 Å². The maximum atomic E-state index is 12.5. The zero-order valence-electron chi connectivity index (χ0n) is 16.8. The fourth-order valence-electron chi connectivity index (χ4n) is 3.15.